The van der Waals surface area contributed by atoms with E-state index in [4.69, 9.17) is 0 Å². The first-order valence-electron chi connectivity index (χ1n) is 8.70. The fourth-order valence-corrected chi connectivity index (χ4v) is 4.19. The van der Waals surface area contributed by atoms with Gasteiger partial charge in [-0.25, -0.2) is 0 Å². The minimum atomic E-state index is 0.230. The molecule has 2 aromatic rings. The van der Waals surface area contributed by atoms with E-state index < -0.39 is 0 Å². The molecule has 2 aliphatic rings. The van der Waals surface area contributed by atoms with Gasteiger partial charge in [0.15, 0.2) is 5.82 Å². The summed E-state index contributed by atoms with van der Waals surface area (Å²) in [7, 11) is 0. The Morgan fingerprint density at radius 3 is 2.75 bits per heavy atom. The van der Waals surface area contributed by atoms with Gasteiger partial charge in [-0.15, -0.1) is 16.4 Å². The summed E-state index contributed by atoms with van der Waals surface area (Å²) < 4.78 is 0. The van der Waals surface area contributed by atoms with Crippen LogP contribution in [0.5, 0.6) is 0 Å². The number of thiophene rings is 1. The fourth-order valence-electron chi connectivity index (χ4n) is 3.49. The molecule has 0 aromatic carbocycles. The molecule has 0 N–H and O–H groups in total. The van der Waals surface area contributed by atoms with Gasteiger partial charge in [0.05, 0.1) is 12.1 Å². The van der Waals surface area contributed by atoms with Gasteiger partial charge in [-0.05, 0) is 48.8 Å². The van der Waals surface area contributed by atoms with Crippen LogP contribution < -0.4 is 4.90 Å². The molecule has 126 valence electrons. The number of aromatic nitrogens is 2. The van der Waals surface area contributed by atoms with Crippen LogP contribution in [-0.4, -0.2) is 47.2 Å². The Labute approximate surface area is 146 Å². The SMILES string of the molecule is O=C(Cc1cccs1)N1CCN(c2cc3c(nn2)CCCC3)CC1. The van der Waals surface area contributed by atoms with Crippen LogP contribution >= 0.6 is 11.3 Å². The van der Waals surface area contributed by atoms with E-state index in [1.807, 2.05) is 22.4 Å². The van der Waals surface area contributed by atoms with Crippen molar-refractivity contribution in [2.45, 2.75) is 32.1 Å². The Balaban J connectivity index is 1.36. The summed E-state index contributed by atoms with van der Waals surface area (Å²) in [4.78, 5) is 17.8. The highest BCUT2D eigenvalue weighted by Crippen LogP contribution is 2.23. The quantitative estimate of drug-likeness (QED) is 0.859. The molecule has 4 rings (SSSR count). The molecule has 1 aliphatic heterocycles. The van der Waals surface area contributed by atoms with Gasteiger partial charge in [0.2, 0.25) is 5.91 Å². The number of nitrogens with zero attached hydrogens (tertiary/aromatic N) is 4. The van der Waals surface area contributed by atoms with E-state index in [9.17, 15) is 4.79 Å². The third kappa shape index (κ3) is 3.29. The first-order chi connectivity index (χ1) is 11.8. The van der Waals surface area contributed by atoms with E-state index in [2.05, 4.69) is 21.2 Å². The van der Waals surface area contributed by atoms with Gasteiger partial charge in [0, 0.05) is 31.1 Å². The number of piperazine rings is 1. The molecule has 24 heavy (non-hydrogen) atoms. The van der Waals surface area contributed by atoms with Crippen molar-refractivity contribution in [2.75, 3.05) is 31.1 Å². The van der Waals surface area contributed by atoms with Crippen LogP contribution in [0.4, 0.5) is 5.82 Å². The average Bonchev–Trinajstić information content (AvgIpc) is 3.14. The molecular formula is C18H22N4OS. The predicted molar refractivity (Wildman–Crippen MR) is 95.5 cm³/mol. The maximum atomic E-state index is 12.4. The fraction of sp³-hybridized carbons (Fsp3) is 0.500. The normalized spacial score (nSPS) is 17.7. The number of anilines is 1. The van der Waals surface area contributed by atoms with Gasteiger partial charge in [0.25, 0.3) is 0 Å². The molecule has 2 aromatic heterocycles. The lowest BCUT2D eigenvalue weighted by molar-refractivity contribution is -0.130. The van der Waals surface area contributed by atoms with Crippen molar-refractivity contribution in [1.29, 1.82) is 0 Å². The Morgan fingerprint density at radius 1 is 1.12 bits per heavy atom. The van der Waals surface area contributed by atoms with Crippen LogP contribution in [0.25, 0.3) is 0 Å². The second-order valence-corrected chi connectivity index (χ2v) is 7.54. The molecule has 0 atom stereocenters. The van der Waals surface area contributed by atoms with Gasteiger partial charge in [-0.3, -0.25) is 4.79 Å². The van der Waals surface area contributed by atoms with Crippen LogP contribution in [0.3, 0.4) is 0 Å². The minimum absolute atomic E-state index is 0.230. The van der Waals surface area contributed by atoms with Crippen LogP contribution in [0.2, 0.25) is 0 Å². The number of hydrogen-bond donors (Lipinski definition) is 0. The second kappa shape index (κ2) is 6.89. The standard InChI is InChI=1S/C18H22N4OS/c23-18(13-15-5-3-11-24-15)22-9-7-21(8-10-22)17-12-14-4-1-2-6-16(14)19-20-17/h3,5,11-12H,1-2,4,6-10,13H2. The number of aryl methyl sites for hydroxylation is 2. The average molecular weight is 342 g/mol. The molecule has 5 nitrogen and oxygen atoms in total. The van der Waals surface area contributed by atoms with Crippen LogP contribution in [0.15, 0.2) is 23.6 Å². The number of carbonyl (C=O) groups excluding carboxylic acids is 1. The lowest BCUT2D eigenvalue weighted by Gasteiger charge is -2.35. The van der Waals surface area contributed by atoms with E-state index in [-0.39, 0.29) is 5.91 Å². The zero-order valence-electron chi connectivity index (χ0n) is 13.8. The smallest absolute Gasteiger partial charge is 0.227 e. The van der Waals surface area contributed by atoms with E-state index in [0.29, 0.717) is 6.42 Å². The van der Waals surface area contributed by atoms with Crippen molar-refractivity contribution in [3.05, 3.63) is 39.7 Å². The van der Waals surface area contributed by atoms with Gasteiger partial charge in [0.1, 0.15) is 0 Å². The van der Waals surface area contributed by atoms with Crippen molar-refractivity contribution < 1.29 is 4.79 Å². The molecule has 1 amide bonds. The number of amides is 1. The van der Waals surface area contributed by atoms with Crippen molar-refractivity contribution in [3.8, 4) is 0 Å². The Kier molecular flexibility index (Phi) is 4.47. The Bertz CT molecular complexity index is 708. The molecule has 0 unspecified atom stereocenters. The minimum Gasteiger partial charge on any atom is -0.352 e. The topological polar surface area (TPSA) is 49.3 Å². The first kappa shape index (κ1) is 15.6. The number of fused-ring (bicyclic) bond motifs is 1. The summed E-state index contributed by atoms with van der Waals surface area (Å²) in [5, 5.41) is 10.9. The second-order valence-electron chi connectivity index (χ2n) is 6.51. The lowest BCUT2D eigenvalue weighted by atomic mass is 9.97. The summed E-state index contributed by atoms with van der Waals surface area (Å²) in [5.41, 5.74) is 2.54. The van der Waals surface area contributed by atoms with Gasteiger partial charge < -0.3 is 9.80 Å². The summed E-state index contributed by atoms with van der Waals surface area (Å²) in [6, 6.07) is 6.24. The van der Waals surface area contributed by atoms with Gasteiger partial charge >= 0.3 is 0 Å². The predicted octanol–water partition coefficient (Wildman–Crippen LogP) is 2.31. The number of carbonyl (C=O) groups is 1. The summed E-state index contributed by atoms with van der Waals surface area (Å²) >= 11 is 1.65. The van der Waals surface area contributed by atoms with Crippen LogP contribution in [0, 0.1) is 0 Å². The summed E-state index contributed by atoms with van der Waals surface area (Å²) in [6.45, 7) is 3.21. The Hall–Kier alpha value is -1.95. The molecule has 1 saturated heterocycles. The maximum absolute atomic E-state index is 12.4. The molecule has 6 heteroatoms. The largest absolute Gasteiger partial charge is 0.352 e. The highest BCUT2D eigenvalue weighted by Gasteiger charge is 2.23. The lowest BCUT2D eigenvalue weighted by Crippen LogP contribution is -2.49. The maximum Gasteiger partial charge on any atom is 0.227 e. The number of hydrogen-bond acceptors (Lipinski definition) is 5. The van der Waals surface area contributed by atoms with Crippen molar-refractivity contribution >= 4 is 23.1 Å². The van der Waals surface area contributed by atoms with Crippen LogP contribution in [-0.2, 0) is 24.1 Å². The van der Waals surface area contributed by atoms with Crippen molar-refractivity contribution in [1.82, 2.24) is 15.1 Å². The van der Waals surface area contributed by atoms with Gasteiger partial charge in [-0.2, -0.15) is 5.10 Å². The third-order valence-corrected chi connectivity index (χ3v) is 5.80. The summed E-state index contributed by atoms with van der Waals surface area (Å²) in [6.07, 6.45) is 5.19. The third-order valence-electron chi connectivity index (χ3n) is 4.92. The van der Waals surface area contributed by atoms with Gasteiger partial charge in [-0.1, -0.05) is 6.07 Å². The van der Waals surface area contributed by atoms with E-state index in [0.717, 1.165) is 49.7 Å². The van der Waals surface area contributed by atoms with E-state index >= 15 is 0 Å². The molecule has 1 fully saturated rings. The molecule has 3 heterocycles. The van der Waals surface area contributed by atoms with Crippen molar-refractivity contribution in [2.24, 2.45) is 0 Å². The number of rotatable bonds is 3. The Morgan fingerprint density at radius 2 is 1.96 bits per heavy atom. The zero-order chi connectivity index (χ0) is 16.4. The molecule has 0 saturated carbocycles. The molecule has 0 bridgehead atoms. The highest BCUT2D eigenvalue weighted by atomic mass is 32.1. The van der Waals surface area contributed by atoms with E-state index in [1.54, 1.807) is 11.3 Å². The van der Waals surface area contributed by atoms with Crippen LogP contribution in [0.1, 0.15) is 29.0 Å². The zero-order valence-corrected chi connectivity index (χ0v) is 14.6. The highest BCUT2D eigenvalue weighted by molar-refractivity contribution is 7.10. The molecular weight excluding hydrogens is 320 g/mol. The van der Waals surface area contributed by atoms with Crippen molar-refractivity contribution in [3.63, 3.8) is 0 Å². The molecule has 1 aliphatic carbocycles. The first-order valence-corrected chi connectivity index (χ1v) is 9.58. The molecule has 0 spiro atoms. The van der Waals surface area contributed by atoms with E-state index in [1.165, 1.54) is 24.1 Å². The molecule has 0 radical (unpaired) electrons. The summed E-state index contributed by atoms with van der Waals surface area (Å²) in [5.74, 6) is 1.20. The monoisotopic (exact) mass is 342 g/mol.